The summed E-state index contributed by atoms with van der Waals surface area (Å²) in [6, 6.07) is 2.08. The van der Waals surface area contributed by atoms with Crippen molar-refractivity contribution in [1.82, 2.24) is 15.5 Å². The van der Waals surface area contributed by atoms with E-state index in [2.05, 4.69) is 15.5 Å². The summed E-state index contributed by atoms with van der Waals surface area (Å²) in [5.74, 6) is 0.372. The molecular formula is C13H16F3N3O. The van der Waals surface area contributed by atoms with Crippen molar-refractivity contribution in [3.63, 3.8) is 0 Å². The van der Waals surface area contributed by atoms with Crippen molar-refractivity contribution < 1.29 is 18.0 Å². The van der Waals surface area contributed by atoms with Crippen LogP contribution in [0.1, 0.15) is 30.7 Å². The van der Waals surface area contributed by atoms with Crippen molar-refractivity contribution in [2.45, 2.75) is 31.9 Å². The van der Waals surface area contributed by atoms with E-state index in [9.17, 15) is 18.0 Å². The number of hydrogen-bond donors (Lipinski definition) is 1. The van der Waals surface area contributed by atoms with Gasteiger partial charge in [0.1, 0.15) is 5.78 Å². The van der Waals surface area contributed by atoms with Crippen LogP contribution in [0.3, 0.4) is 0 Å². The summed E-state index contributed by atoms with van der Waals surface area (Å²) in [6.45, 7) is 1.83. The molecule has 20 heavy (non-hydrogen) atoms. The van der Waals surface area contributed by atoms with Gasteiger partial charge in [-0.15, -0.1) is 5.10 Å². The average Bonchev–Trinajstić information content (AvgIpc) is 2.39. The number of halogens is 3. The fourth-order valence-electron chi connectivity index (χ4n) is 2.29. The highest BCUT2D eigenvalue weighted by atomic mass is 19.4. The molecule has 1 N–H and O–H groups in total. The van der Waals surface area contributed by atoms with Gasteiger partial charge in [-0.1, -0.05) is 0 Å². The molecular weight excluding hydrogens is 271 g/mol. The summed E-state index contributed by atoms with van der Waals surface area (Å²) < 4.78 is 36.9. The molecule has 0 spiro atoms. The lowest BCUT2D eigenvalue weighted by atomic mass is 9.91. The number of nitrogens with one attached hydrogen (secondary N) is 1. The van der Waals surface area contributed by atoms with Crippen LogP contribution in [-0.2, 0) is 17.4 Å². The summed E-state index contributed by atoms with van der Waals surface area (Å²) in [7, 11) is 0. The van der Waals surface area contributed by atoms with E-state index in [1.807, 2.05) is 0 Å². The van der Waals surface area contributed by atoms with Crippen LogP contribution in [0.25, 0.3) is 0 Å². The first-order valence-electron chi connectivity index (χ1n) is 6.57. The maximum atomic E-state index is 12.3. The minimum absolute atomic E-state index is 0.00552. The Balaban J connectivity index is 1.87. The Morgan fingerprint density at radius 1 is 1.25 bits per heavy atom. The van der Waals surface area contributed by atoms with Gasteiger partial charge in [0.05, 0.1) is 12.1 Å². The van der Waals surface area contributed by atoms with Gasteiger partial charge >= 0.3 is 6.18 Å². The van der Waals surface area contributed by atoms with Crippen LogP contribution in [-0.4, -0.2) is 29.1 Å². The van der Waals surface area contributed by atoms with E-state index < -0.39 is 11.9 Å². The molecule has 1 aliphatic heterocycles. The predicted molar refractivity (Wildman–Crippen MR) is 66.0 cm³/mol. The maximum Gasteiger partial charge on any atom is 0.435 e. The van der Waals surface area contributed by atoms with E-state index in [1.54, 1.807) is 0 Å². The Labute approximate surface area is 114 Å². The molecule has 0 bridgehead atoms. The molecule has 1 aliphatic rings. The first-order chi connectivity index (χ1) is 9.45. The van der Waals surface area contributed by atoms with Crippen molar-refractivity contribution in [2.75, 3.05) is 13.1 Å². The van der Waals surface area contributed by atoms with Crippen molar-refractivity contribution in [2.24, 2.45) is 5.92 Å². The van der Waals surface area contributed by atoms with Gasteiger partial charge in [0.2, 0.25) is 0 Å². The molecule has 0 saturated carbocycles. The van der Waals surface area contributed by atoms with Crippen LogP contribution >= 0.6 is 0 Å². The second-order valence-electron chi connectivity index (χ2n) is 5.02. The molecule has 0 aliphatic carbocycles. The largest absolute Gasteiger partial charge is 0.435 e. The van der Waals surface area contributed by atoms with Crippen molar-refractivity contribution in [3.8, 4) is 0 Å². The molecule has 1 fully saturated rings. The third kappa shape index (κ3) is 4.26. The predicted octanol–water partition coefficient (Wildman–Crippen LogP) is 2.00. The fourth-order valence-corrected chi connectivity index (χ4v) is 2.29. The highest BCUT2D eigenvalue weighted by Crippen LogP contribution is 2.26. The maximum absolute atomic E-state index is 12.3. The molecule has 7 heteroatoms. The van der Waals surface area contributed by atoms with Crippen molar-refractivity contribution in [1.29, 1.82) is 0 Å². The Hall–Kier alpha value is -1.50. The molecule has 1 saturated heterocycles. The quantitative estimate of drug-likeness (QED) is 0.920. The number of carbonyl (C=O) groups is 1. The SMILES string of the molecule is O=C(Cc1ccc(C(F)(F)F)nn1)CC1CCNCC1. The monoisotopic (exact) mass is 287 g/mol. The second-order valence-corrected chi connectivity index (χ2v) is 5.02. The number of rotatable bonds is 4. The van der Waals surface area contributed by atoms with Gasteiger partial charge in [0.25, 0.3) is 0 Å². The normalized spacial score (nSPS) is 17.1. The zero-order valence-electron chi connectivity index (χ0n) is 10.9. The minimum Gasteiger partial charge on any atom is -0.317 e. The van der Waals surface area contributed by atoms with E-state index in [1.165, 1.54) is 6.07 Å². The van der Waals surface area contributed by atoms with Gasteiger partial charge in [-0.2, -0.15) is 18.3 Å². The third-order valence-corrected chi connectivity index (χ3v) is 3.36. The highest BCUT2D eigenvalue weighted by molar-refractivity contribution is 5.80. The number of alkyl halides is 3. The van der Waals surface area contributed by atoms with Crippen molar-refractivity contribution in [3.05, 3.63) is 23.5 Å². The first kappa shape index (κ1) is 14.9. The standard InChI is InChI=1S/C13H16F3N3O/c14-13(15,16)12-2-1-10(18-19-12)8-11(20)7-9-3-5-17-6-4-9/h1-2,9,17H,3-8H2. The summed E-state index contributed by atoms with van der Waals surface area (Å²) in [4.78, 5) is 11.9. The molecule has 1 aromatic heterocycles. The first-order valence-corrected chi connectivity index (χ1v) is 6.57. The van der Waals surface area contributed by atoms with Gasteiger partial charge < -0.3 is 5.32 Å². The Morgan fingerprint density at radius 3 is 2.50 bits per heavy atom. The van der Waals surface area contributed by atoms with Crippen LogP contribution in [0.5, 0.6) is 0 Å². The van der Waals surface area contributed by atoms with Gasteiger partial charge in [0, 0.05) is 6.42 Å². The Kier molecular flexibility index (Phi) is 4.69. The van der Waals surface area contributed by atoms with Crippen LogP contribution in [0, 0.1) is 5.92 Å². The lowest BCUT2D eigenvalue weighted by Crippen LogP contribution is -2.29. The summed E-state index contributed by atoms with van der Waals surface area (Å²) in [6.07, 6.45) is -2.06. The van der Waals surface area contributed by atoms with Gasteiger partial charge in [-0.05, 0) is 44.0 Å². The number of ketones is 1. The number of hydrogen-bond acceptors (Lipinski definition) is 4. The molecule has 0 radical (unpaired) electrons. The highest BCUT2D eigenvalue weighted by Gasteiger charge is 2.32. The minimum atomic E-state index is -4.50. The second kappa shape index (κ2) is 6.30. The molecule has 0 atom stereocenters. The number of aromatic nitrogens is 2. The number of carbonyl (C=O) groups excluding carboxylic acids is 1. The molecule has 2 rings (SSSR count). The fraction of sp³-hybridized carbons (Fsp3) is 0.615. The van der Waals surface area contributed by atoms with Crippen LogP contribution < -0.4 is 5.32 Å². The molecule has 1 aromatic rings. The topological polar surface area (TPSA) is 54.9 Å². The van der Waals surface area contributed by atoms with Crippen LogP contribution in [0.15, 0.2) is 12.1 Å². The average molecular weight is 287 g/mol. The summed E-state index contributed by atoms with van der Waals surface area (Å²) >= 11 is 0. The van der Waals surface area contributed by atoms with E-state index in [0.29, 0.717) is 12.3 Å². The summed E-state index contributed by atoms with van der Waals surface area (Å²) in [5, 5.41) is 9.81. The van der Waals surface area contributed by atoms with Gasteiger partial charge in [-0.25, -0.2) is 0 Å². The van der Waals surface area contributed by atoms with Crippen molar-refractivity contribution >= 4 is 5.78 Å². The number of Topliss-reactive ketones (excluding diaryl/α,β-unsaturated/α-hetero) is 1. The lowest BCUT2D eigenvalue weighted by Gasteiger charge is -2.21. The number of piperidine rings is 1. The Bertz CT molecular complexity index is 453. The van der Waals surface area contributed by atoms with Gasteiger partial charge in [0.15, 0.2) is 5.69 Å². The smallest absolute Gasteiger partial charge is 0.317 e. The molecule has 0 unspecified atom stereocenters. The molecule has 2 heterocycles. The van der Waals surface area contributed by atoms with Crippen LogP contribution in [0.2, 0.25) is 0 Å². The molecule has 110 valence electrons. The molecule has 0 aromatic carbocycles. The zero-order valence-corrected chi connectivity index (χ0v) is 10.9. The van der Waals surface area contributed by atoms with Crippen LogP contribution in [0.4, 0.5) is 13.2 Å². The van der Waals surface area contributed by atoms with Gasteiger partial charge in [-0.3, -0.25) is 4.79 Å². The Morgan fingerprint density at radius 2 is 1.95 bits per heavy atom. The lowest BCUT2D eigenvalue weighted by molar-refractivity contribution is -0.141. The molecule has 0 amide bonds. The van der Waals surface area contributed by atoms with E-state index >= 15 is 0 Å². The third-order valence-electron chi connectivity index (χ3n) is 3.36. The van der Waals surface area contributed by atoms with E-state index in [-0.39, 0.29) is 17.9 Å². The van der Waals surface area contributed by atoms with E-state index in [0.717, 1.165) is 32.0 Å². The number of nitrogens with zero attached hydrogens (tertiary/aromatic N) is 2. The summed E-state index contributed by atoms with van der Waals surface area (Å²) in [5.41, 5.74) is -0.746. The van der Waals surface area contributed by atoms with E-state index in [4.69, 9.17) is 0 Å². The zero-order chi connectivity index (χ0) is 14.6. The molecule has 4 nitrogen and oxygen atoms in total.